The van der Waals surface area contributed by atoms with E-state index in [-0.39, 0.29) is 57.2 Å². The Morgan fingerprint density at radius 1 is 0.776 bits per heavy atom. The van der Waals surface area contributed by atoms with E-state index in [4.69, 9.17) is 22.6 Å². The highest BCUT2D eigenvalue weighted by Crippen LogP contribution is 2.50. The topological polar surface area (TPSA) is 147 Å². The minimum Gasteiger partial charge on any atom is -0.726 e. The van der Waals surface area contributed by atoms with Crippen LogP contribution >= 0.6 is 0 Å². The molecule has 0 amide bonds. The van der Waals surface area contributed by atoms with Crippen molar-refractivity contribution in [2.24, 2.45) is 0 Å². The summed E-state index contributed by atoms with van der Waals surface area (Å²) in [5.41, 5.74) is 7.37. The van der Waals surface area contributed by atoms with Gasteiger partial charge in [-0.05, 0) is 77.7 Å². The summed E-state index contributed by atoms with van der Waals surface area (Å²) in [6, 6.07) is 32.6. The first-order valence-corrected chi connectivity index (χ1v) is 23.2. The van der Waals surface area contributed by atoms with Gasteiger partial charge in [-0.2, -0.15) is 4.58 Å². The lowest BCUT2D eigenvalue weighted by Gasteiger charge is -2.24. The van der Waals surface area contributed by atoms with Crippen LogP contribution in [-0.4, -0.2) is 57.2 Å². The van der Waals surface area contributed by atoms with Gasteiger partial charge in [0.05, 0.1) is 50.5 Å². The lowest BCUT2D eigenvalue weighted by Crippen LogP contribution is -2.26. The van der Waals surface area contributed by atoms with E-state index < -0.39 is 17.0 Å². The highest BCUT2D eigenvalue weighted by molar-refractivity contribution is 7.80. The highest BCUT2D eigenvalue weighted by atomic mass is 32.3. The van der Waals surface area contributed by atoms with Gasteiger partial charge in [0, 0.05) is 58.4 Å². The van der Waals surface area contributed by atoms with Gasteiger partial charge in [-0.25, -0.2) is 28.6 Å². The molecule has 0 fully saturated rings. The third kappa shape index (κ3) is 10.3. The van der Waals surface area contributed by atoms with Crippen molar-refractivity contribution in [3.63, 3.8) is 0 Å². The second-order valence-corrected chi connectivity index (χ2v) is 18.1. The largest absolute Gasteiger partial charge is 0.726 e. The Morgan fingerprint density at radius 2 is 1.33 bits per heavy atom. The molecule has 7 rings (SSSR count). The molecule has 12 nitrogen and oxygen atoms in total. The van der Waals surface area contributed by atoms with E-state index in [1.165, 1.54) is 67.6 Å². The molecule has 5 aromatic rings. The van der Waals surface area contributed by atoms with Gasteiger partial charge in [-0.15, -0.1) is 0 Å². The number of fused-ring (bicyclic) bond motifs is 6. The number of ether oxygens (including phenoxy) is 2. The van der Waals surface area contributed by atoms with Gasteiger partial charge < -0.3 is 18.9 Å². The quantitative estimate of drug-likeness (QED) is 0.0281. The maximum atomic E-state index is 10.5. The number of hydrogen-bond acceptors (Lipinski definition) is 9. The van der Waals surface area contributed by atoms with Crippen LogP contribution < -0.4 is 24.8 Å². The number of nitrogens with zero attached hydrogens (tertiary/aromatic N) is 6. The van der Waals surface area contributed by atoms with Crippen molar-refractivity contribution in [1.82, 2.24) is 0 Å². The van der Waals surface area contributed by atoms with Crippen molar-refractivity contribution >= 4 is 60.4 Å². The first kappa shape index (κ1) is 48.9. The van der Waals surface area contributed by atoms with E-state index in [1.54, 1.807) is 12.1 Å². The monoisotopic (exact) mass is 912 g/mol. The van der Waals surface area contributed by atoms with Crippen LogP contribution in [0.2, 0.25) is 0 Å². The van der Waals surface area contributed by atoms with E-state index in [1.807, 2.05) is 6.92 Å². The van der Waals surface area contributed by atoms with Crippen molar-refractivity contribution < 1.29 is 31.2 Å². The first-order chi connectivity index (χ1) is 32.0. The van der Waals surface area contributed by atoms with Crippen LogP contribution in [0.4, 0.5) is 11.4 Å². The van der Waals surface area contributed by atoms with Crippen LogP contribution in [-0.2, 0) is 25.4 Å². The lowest BCUT2D eigenvalue weighted by atomic mass is 9.79. The Morgan fingerprint density at radius 3 is 1.88 bits per heavy atom. The van der Waals surface area contributed by atoms with Crippen LogP contribution in [0.15, 0.2) is 121 Å². The van der Waals surface area contributed by atoms with Crippen molar-refractivity contribution in [1.29, 1.82) is 10.5 Å². The van der Waals surface area contributed by atoms with Gasteiger partial charge in [0.15, 0.2) is 5.71 Å². The number of rotatable bonds is 13. The number of benzene rings is 5. The fourth-order valence-electron chi connectivity index (χ4n) is 8.93. The Bertz CT molecular complexity index is 3270. The zero-order chi connectivity index (χ0) is 48.5. The molecule has 340 valence electrons. The van der Waals surface area contributed by atoms with Gasteiger partial charge in [0.1, 0.15) is 18.5 Å². The summed E-state index contributed by atoms with van der Waals surface area (Å²) < 4.78 is 49.0. The Labute approximate surface area is 393 Å². The number of nitriles is 2. The maximum Gasteiger partial charge on any atom is 0.272 e. The van der Waals surface area contributed by atoms with Crippen molar-refractivity contribution in [2.45, 2.75) is 64.7 Å². The molecule has 5 aromatic carbocycles. The molecular weight excluding hydrogens is 861 g/mol. The number of unbranched alkanes of at least 4 members (excludes halogenated alkanes) is 1. The molecule has 0 saturated carbocycles. The molecule has 0 bridgehead atoms. The average molecular weight is 913 g/mol. The van der Waals surface area contributed by atoms with Crippen molar-refractivity contribution in [3.8, 4) is 23.6 Å². The average Bonchev–Trinajstić information content (AvgIpc) is 3.63. The zero-order valence-electron chi connectivity index (χ0n) is 38.8. The Kier molecular flexibility index (Phi) is 15.2. The smallest absolute Gasteiger partial charge is 0.272 e. The van der Waals surface area contributed by atoms with Crippen LogP contribution in [0.3, 0.4) is 0 Å². The number of likely N-dealkylation sites (N-methyl/N-ethyl adjacent to an activating group) is 1. The van der Waals surface area contributed by atoms with Crippen LogP contribution in [0.5, 0.6) is 11.5 Å². The molecule has 67 heavy (non-hydrogen) atoms. The molecule has 2 aliphatic rings. The molecule has 0 unspecified atom stereocenters. The number of anilines is 1. The normalized spacial score (nSPS) is 16.2. The molecule has 0 radical (unpaired) electrons. The molecule has 0 aromatic heterocycles. The van der Waals surface area contributed by atoms with E-state index in [2.05, 4.69) is 168 Å². The van der Waals surface area contributed by atoms with E-state index in [0.29, 0.717) is 13.0 Å². The van der Waals surface area contributed by atoms with Gasteiger partial charge >= 0.3 is 0 Å². The van der Waals surface area contributed by atoms with E-state index >= 15 is 0 Å². The molecule has 0 N–H and O–H groups in total. The molecular formula is C54H52N6O6S. The summed E-state index contributed by atoms with van der Waals surface area (Å²) in [5.74, 6) is 0.192. The Balaban J connectivity index is 0.000000227. The molecule has 0 saturated heterocycles. The molecule has 0 aliphatic carbocycles. The minimum absolute atomic E-state index is 0.0164. The lowest BCUT2D eigenvalue weighted by molar-refractivity contribution is -0.401. The van der Waals surface area contributed by atoms with Gasteiger partial charge in [0.25, 0.3) is 11.4 Å². The minimum atomic E-state index is -4.82. The summed E-state index contributed by atoms with van der Waals surface area (Å²) in [6.45, 7) is 25.5. The van der Waals surface area contributed by atoms with E-state index in [9.17, 15) is 23.5 Å². The zero-order valence-corrected chi connectivity index (χ0v) is 39.6. The SMILES string of the molecule is CN1\C(=C/C=C/C=C/C2=[N+](C)c3ccc4ccccc4c3C2(C)C)C(C)(C)c2c1ccc1ccccc21.[C-]#[N+]/C(C#N)=c1/cc(OCCCOS(=O)(=O)[O-])/c(=C(\C#N)[N+]#[C-])cc1OCCCC. The van der Waals surface area contributed by atoms with Gasteiger partial charge in [-0.1, -0.05) is 100 Å². The highest BCUT2D eigenvalue weighted by Gasteiger charge is 2.44. The molecule has 0 spiro atoms. The molecule has 13 heteroatoms. The first-order valence-electron chi connectivity index (χ1n) is 21.8. The number of hydrogen-bond donors (Lipinski definition) is 0. The summed E-state index contributed by atoms with van der Waals surface area (Å²) in [5, 5.41) is 24.0. The number of allylic oxidation sites excluding steroid dienone is 6. The fourth-order valence-corrected chi connectivity index (χ4v) is 9.26. The third-order valence-corrected chi connectivity index (χ3v) is 12.5. The predicted octanol–water partition coefficient (Wildman–Crippen LogP) is 9.64. The third-order valence-electron chi connectivity index (χ3n) is 12.1. The van der Waals surface area contributed by atoms with Gasteiger partial charge in [0.2, 0.25) is 16.1 Å². The van der Waals surface area contributed by atoms with Crippen LogP contribution in [0, 0.1) is 35.8 Å². The van der Waals surface area contributed by atoms with E-state index in [0.717, 1.165) is 6.42 Å². The summed E-state index contributed by atoms with van der Waals surface area (Å²) >= 11 is 0. The van der Waals surface area contributed by atoms with Crippen LogP contribution in [0.25, 0.3) is 42.6 Å². The second kappa shape index (κ2) is 20.8. The molecule has 0 atom stereocenters. The summed E-state index contributed by atoms with van der Waals surface area (Å²) in [4.78, 5) is 8.68. The predicted molar refractivity (Wildman–Crippen MR) is 263 cm³/mol. The Hall–Kier alpha value is -7.52. The van der Waals surface area contributed by atoms with Crippen LogP contribution in [0.1, 0.15) is 65.0 Å². The summed E-state index contributed by atoms with van der Waals surface area (Å²) in [6.07, 6.45) is 12.7. The molecule has 2 aliphatic heterocycles. The van der Waals surface area contributed by atoms with Crippen molar-refractivity contribution in [2.75, 3.05) is 38.8 Å². The molecule has 2 heterocycles. The standard InChI is InChI=1S/C35H35N2.C19H18N4O6S/c1-34(2)30(36(5)28-22-20-24-14-10-12-16-26(24)32(28)34)18-8-7-9-19-31-35(3,4)33-27-17-13-11-15-25(27)21-23-29(33)37(31)6;1-4-5-7-27-18-10-15(17(13-21)23-3)19(11-14(18)16(12-20)22-2)28-8-6-9-29-30(24,25)26/h7-23H,1-6H3;10-11H,4-9H2,1H3,(H,24,25,26)/q+1;/p-1/b;16-14-,17-15+. The van der Waals surface area contributed by atoms with Gasteiger partial charge in [-0.3, -0.25) is 4.18 Å². The maximum absolute atomic E-state index is 10.5. The van der Waals surface area contributed by atoms with Crippen molar-refractivity contribution in [3.05, 3.63) is 165 Å². The second-order valence-electron chi connectivity index (χ2n) is 17.0. The fraction of sp³-hybridized carbons (Fsp3) is 0.278. The summed E-state index contributed by atoms with van der Waals surface area (Å²) in [7, 11) is -0.450.